The second-order valence-electron chi connectivity index (χ2n) is 3.65. The highest BCUT2D eigenvalue weighted by atomic mass is 35.5. The molecule has 0 N–H and O–H groups in total. The molecule has 1 aromatic carbocycles. The molecule has 0 aromatic heterocycles. The fourth-order valence-corrected chi connectivity index (χ4v) is 1.93. The van der Waals surface area contributed by atoms with Crippen LogP contribution in [0.1, 0.15) is 22.8 Å². The van der Waals surface area contributed by atoms with Crippen molar-refractivity contribution in [3.8, 4) is 0 Å². The molecule has 2 rings (SSSR count). The molecule has 0 spiro atoms. The van der Waals surface area contributed by atoms with Crippen molar-refractivity contribution in [1.82, 2.24) is 0 Å². The van der Waals surface area contributed by atoms with Crippen molar-refractivity contribution >= 4 is 23.5 Å². The third-order valence-corrected chi connectivity index (χ3v) is 2.73. The Kier molecular flexibility index (Phi) is 3.33. The lowest BCUT2D eigenvalue weighted by Gasteiger charge is -2.23. The van der Waals surface area contributed by atoms with Gasteiger partial charge in [-0.2, -0.15) is 0 Å². The second-order valence-corrected chi connectivity index (χ2v) is 4.09. The molecular formula is C12H11ClO4. The van der Waals surface area contributed by atoms with Gasteiger partial charge in [-0.15, -0.1) is 0 Å². The standard InChI is InChI=1S/C12H11ClO4/c1-2-16-12(15)10-6-7-5-8(13)3-4-9(7)11(14)17-10/h3-5,10H,2,6H2,1H3. The van der Waals surface area contributed by atoms with Gasteiger partial charge in [-0.1, -0.05) is 11.6 Å². The lowest BCUT2D eigenvalue weighted by Crippen LogP contribution is -2.35. The Morgan fingerprint density at radius 2 is 2.35 bits per heavy atom. The number of fused-ring (bicyclic) bond motifs is 1. The van der Waals surface area contributed by atoms with E-state index in [1.807, 2.05) is 0 Å². The van der Waals surface area contributed by atoms with E-state index in [1.165, 1.54) is 0 Å². The van der Waals surface area contributed by atoms with E-state index in [0.717, 1.165) is 0 Å². The van der Waals surface area contributed by atoms with Gasteiger partial charge >= 0.3 is 11.9 Å². The van der Waals surface area contributed by atoms with Crippen LogP contribution in [-0.4, -0.2) is 24.6 Å². The first kappa shape index (κ1) is 11.9. The number of hydrogen-bond acceptors (Lipinski definition) is 4. The molecule has 1 unspecified atom stereocenters. The maximum atomic E-state index is 11.6. The van der Waals surface area contributed by atoms with Crippen LogP contribution in [0, 0.1) is 0 Å². The summed E-state index contributed by atoms with van der Waals surface area (Å²) in [5, 5.41) is 0.529. The van der Waals surface area contributed by atoms with Gasteiger partial charge in [0.2, 0.25) is 6.10 Å². The van der Waals surface area contributed by atoms with E-state index in [-0.39, 0.29) is 6.61 Å². The number of carbonyl (C=O) groups excluding carboxylic acids is 2. The summed E-state index contributed by atoms with van der Waals surface area (Å²) in [6.45, 7) is 1.96. The maximum Gasteiger partial charge on any atom is 0.347 e. The van der Waals surface area contributed by atoms with Crippen molar-refractivity contribution < 1.29 is 19.1 Å². The minimum absolute atomic E-state index is 0.259. The minimum atomic E-state index is -0.867. The summed E-state index contributed by atoms with van der Waals surface area (Å²) in [6, 6.07) is 4.89. The summed E-state index contributed by atoms with van der Waals surface area (Å²) in [5.41, 5.74) is 1.17. The number of carbonyl (C=O) groups is 2. The average Bonchev–Trinajstić information content (AvgIpc) is 2.28. The van der Waals surface area contributed by atoms with Gasteiger partial charge in [0.05, 0.1) is 12.2 Å². The summed E-state index contributed by atoms with van der Waals surface area (Å²) in [5.74, 6) is -1.03. The highest BCUT2D eigenvalue weighted by Crippen LogP contribution is 2.24. The quantitative estimate of drug-likeness (QED) is 0.758. The number of esters is 2. The zero-order valence-electron chi connectivity index (χ0n) is 9.23. The monoisotopic (exact) mass is 254 g/mol. The molecule has 4 nitrogen and oxygen atoms in total. The van der Waals surface area contributed by atoms with Crippen LogP contribution in [0.5, 0.6) is 0 Å². The molecule has 0 amide bonds. The van der Waals surface area contributed by atoms with E-state index in [4.69, 9.17) is 21.1 Å². The van der Waals surface area contributed by atoms with Crippen LogP contribution < -0.4 is 0 Å². The molecule has 1 heterocycles. The molecule has 1 aliphatic rings. The van der Waals surface area contributed by atoms with Crippen molar-refractivity contribution in [3.05, 3.63) is 34.3 Å². The molecule has 1 aromatic rings. The molecule has 0 saturated carbocycles. The SMILES string of the molecule is CCOC(=O)C1Cc2cc(Cl)ccc2C(=O)O1. The third kappa shape index (κ3) is 2.42. The largest absolute Gasteiger partial charge is 0.463 e. The lowest BCUT2D eigenvalue weighted by molar-refractivity contribution is -0.153. The lowest BCUT2D eigenvalue weighted by atomic mass is 9.99. The van der Waals surface area contributed by atoms with Gasteiger partial charge in [0, 0.05) is 11.4 Å². The van der Waals surface area contributed by atoms with E-state index in [9.17, 15) is 9.59 Å². The van der Waals surface area contributed by atoms with Crippen molar-refractivity contribution in [1.29, 1.82) is 0 Å². The van der Waals surface area contributed by atoms with Crippen LogP contribution in [0.4, 0.5) is 0 Å². The average molecular weight is 255 g/mol. The summed E-state index contributed by atoms with van der Waals surface area (Å²) in [4.78, 5) is 23.1. The third-order valence-electron chi connectivity index (χ3n) is 2.49. The Hall–Kier alpha value is -1.55. The predicted molar refractivity (Wildman–Crippen MR) is 61.0 cm³/mol. The van der Waals surface area contributed by atoms with Crippen LogP contribution in [0.3, 0.4) is 0 Å². The van der Waals surface area contributed by atoms with Crippen molar-refractivity contribution in [3.63, 3.8) is 0 Å². The molecule has 0 saturated heterocycles. The minimum Gasteiger partial charge on any atom is -0.463 e. The number of benzene rings is 1. The number of ether oxygens (including phenoxy) is 2. The van der Waals surface area contributed by atoms with Gasteiger partial charge in [0.1, 0.15) is 0 Å². The Morgan fingerprint density at radius 1 is 1.59 bits per heavy atom. The van der Waals surface area contributed by atoms with Crippen LogP contribution >= 0.6 is 11.6 Å². The van der Waals surface area contributed by atoms with Crippen LogP contribution in [0.25, 0.3) is 0 Å². The molecule has 0 fully saturated rings. The highest BCUT2D eigenvalue weighted by Gasteiger charge is 2.32. The number of rotatable bonds is 2. The van der Waals surface area contributed by atoms with Crippen LogP contribution in [0.15, 0.2) is 18.2 Å². The first-order chi connectivity index (χ1) is 8.11. The molecule has 5 heteroatoms. The molecule has 17 heavy (non-hydrogen) atoms. The first-order valence-electron chi connectivity index (χ1n) is 5.28. The van der Waals surface area contributed by atoms with Crippen molar-refractivity contribution in [2.75, 3.05) is 6.61 Å². The highest BCUT2D eigenvalue weighted by molar-refractivity contribution is 6.30. The van der Waals surface area contributed by atoms with Crippen molar-refractivity contribution in [2.45, 2.75) is 19.4 Å². The van der Waals surface area contributed by atoms with E-state index in [1.54, 1.807) is 25.1 Å². The molecule has 0 radical (unpaired) electrons. The topological polar surface area (TPSA) is 52.6 Å². The number of halogens is 1. The van der Waals surface area contributed by atoms with Crippen LogP contribution in [0.2, 0.25) is 5.02 Å². The molecular weight excluding hydrogens is 244 g/mol. The Balaban J connectivity index is 2.26. The molecule has 0 aliphatic carbocycles. The zero-order valence-corrected chi connectivity index (χ0v) is 9.99. The van der Waals surface area contributed by atoms with Gasteiger partial charge in [0.25, 0.3) is 0 Å². The molecule has 1 aliphatic heterocycles. The van der Waals surface area contributed by atoms with E-state index >= 15 is 0 Å². The first-order valence-corrected chi connectivity index (χ1v) is 5.65. The van der Waals surface area contributed by atoms with Gasteiger partial charge < -0.3 is 9.47 Å². The Bertz CT molecular complexity index is 470. The van der Waals surface area contributed by atoms with Gasteiger partial charge in [0.15, 0.2) is 0 Å². The van der Waals surface area contributed by atoms with Gasteiger partial charge in [-0.3, -0.25) is 0 Å². The maximum absolute atomic E-state index is 11.6. The number of cyclic esters (lactones) is 1. The second kappa shape index (κ2) is 4.75. The van der Waals surface area contributed by atoms with Crippen molar-refractivity contribution in [2.24, 2.45) is 0 Å². The molecule has 0 bridgehead atoms. The van der Waals surface area contributed by atoms with Gasteiger partial charge in [-0.05, 0) is 30.7 Å². The normalized spacial score (nSPS) is 18.2. The van der Waals surface area contributed by atoms with E-state index < -0.39 is 18.0 Å². The zero-order chi connectivity index (χ0) is 12.4. The van der Waals surface area contributed by atoms with E-state index in [2.05, 4.69) is 0 Å². The number of hydrogen-bond donors (Lipinski definition) is 0. The van der Waals surface area contributed by atoms with Gasteiger partial charge in [-0.25, -0.2) is 9.59 Å². The fourth-order valence-electron chi connectivity index (χ4n) is 1.73. The summed E-state index contributed by atoms with van der Waals surface area (Å²) >= 11 is 5.84. The smallest absolute Gasteiger partial charge is 0.347 e. The summed E-state index contributed by atoms with van der Waals surface area (Å²) in [7, 11) is 0. The Labute approximate surface area is 103 Å². The predicted octanol–water partition coefficient (Wildman–Crippen LogP) is 1.98. The van der Waals surface area contributed by atoms with Crippen LogP contribution in [-0.2, 0) is 20.7 Å². The molecule has 90 valence electrons. The Morgan fingerprint density at radius 3 is 3.06 bits per heavy atom. The summed E-state index contributed by atoms with van der Waals surface area (Å²) in [6.07, 6.45) is -0.561. The molecule has 1 atom stereocenters. The fraction of sp³-hybridized carbons (Fsp3) is 0.333. The summed E-state index contributed by atoms with van der Waals surface area (Å²) < 4.78 is 9.84. The van der Waals surface area contributed by atoms with E-state index in [0.29, 0.717) is 22.6 Å².